The number of rotatable bonds is 2. The lowest BCUT2D eigenvalue weighted by molar-refractivity contribution is 0.414. The van der Waals surface area contributed by atoms with Gasteiger partial charge in [-0.15, -0.1) is 0 Å². The Morgan fingerprint density at radius 3 is 2.89 bits per heavy atom. The molecule has 3 aromatic rings. The maximum absolute atomic E-state index is 13.5. The Balaban J connectivity index is 2.10. The van der Waals surface area contributed by atoms with Gasteiger partial charge in [0.1, 0.15) is 0 Å². The van der Waals surface area contributed by atoms with Gasteiger partial charge in [-0.05, 0) is 19.1 Å². The SMILES string of the molecule is Cc1cc(Oc2ccccc2F)n2nccc2n1. The first kappa shape index (κ1) is 10.7. The van der Waals surface area contributed by atoms with Gasteiger partial charge in [0.25, 0.3) is 0 Å². The number of halogens is 1. The number of fused-ring (bicyclic) bond motifs is 1. The summed E-state index contributed by atoms with van der Waals surface area (Å²) in [7, 11) is 0. The monoisotopic (exact) mass is 243 g/mol. The number of ether oxygens (including phenoxy) is 1. The van der Waals surface area contributed by atoms with Crippen LogP contribution in [-0.4, -0.2) is 14.6 Å². The van der Waals surface area contributed by atoms with Gasteiger partial charge in [-0.3, -0.25) is 0 Å². The van der Waals surface area contributed by atoms with E-state index in [0.717, 1.165) is 5.69 Å². The second-order valence-corrected chi connectivity index (χ2v) is 3.87. The molecule has 1 aromatic carbocycles. The third-order valence-corrected chi connectivity index (χ3v) is 2.51. The Morgan fingerprint density at radius 2 is 2.06 bits per heavy atom. The van der Waals surface area contributed by atoms with Crippen LogP contribution in [0.1, 0.15) is 5.69 Å². The van der Waals surface area contributed by atoms with Gasteiger partial charge in [0, 0.05) is 17.8 Å². The first-order valence-electron chi connectivity index (χ1n) is 5.48. The molecular formula is C13H10FN3O. The molecule has 0 radical (unpaired) electrons. The van der Waals surface area contributed by atoms with Crippen molar-refractivity contribution in [1.29, 1.82) is 0 Å². The van der Waals surface area contributed by atoms with Crippen molar-refractivity contribution in [3.63, 3.8) is 0 Å². The number of hydrogen-bond donors (Lipinski definition) is 0. The Morgan fingerprint density at radius 1 is 1.22 bits per heavy atom. The Bertz CT molecular complexity index is 708. The van der Waals surface area contributed by atoms with E-state index in [0.29, 0.717) is 11.5 Å². The summed E-state index contributed by atoms with van der Waals surface area (Å²) in [6, 6.07) is 9.73. The van der Waals surface area contributed by atoms with Crippen molar-refractivity contribution >= 4 is 5.65 Å². The average Bonchev–Trinajstić information content (AvgIpc) is 2.80. The molecular weight excluding hydrogens is 233 g/mol. The molecule has 0 fully saturated rings. The normalized spacial score (nSPS) is 10.8. The number of aryl methyl sites for hydroxylation is 1. The van der Waals surface area contributed by atoms with E-state index in [4.69, 9.17) is 4.74 Å². The molecule has 90 valence electrons. The van der Waals surface area contributed by atoms with Gasteiger partial charge in [-0.1, -0.05) is 12.1 Å². The van der Waals surface area contributed by atoms with Crippen LogP contribution < -0.4 is 4.74 Å². The van der Waals surface area contributed by atoms with E-state index < -0.39 is 5.82 Å². The molecule has 0 unspecified atom stereocenters. The summed E-state index contributed by atoms with van der Waals surface area (Å²) in [5.41, 5.74) is 1.45. The topological polar surface area (TPSA) is 39.4 Å². The van der Waals surface area contributed by atoms with E-state index in [1.807, 2.05) is 6.92 Å². The highest BCUT2D eigenvalue weighted by atomic mass is 19.1. The van der Waals surface area contributed by atoms with Crippen LogP contribution in [0.3, 0.4) is 0 Å². The summed E-state index contributed by atoms with van der Waals surface area (Å²) in [5, 5.41) is 4.09. The number of nitrogens with zero attached hydrogens (tertiary/aromatic N) is 3. The lowest BCUT2D eigenvalue weighted by atomic mass is 10.3. The fraction of sp³-hybridized carbons (Fsp3) is 0.0769. The summed E-state index contributed by atoms with van der Waals surface area (Å²) in [5.74, 6) is 0.194. The maximum Gasteiger partial charge on any atom is 0.224 e. The third kappa shape index (κ3) is 1.79. The molecule has 0 atom stereocenters. The Labute approximate surface area is 103 Å². The van der Waals surface area contributed by atoms with E-state index in [1.54, 1.807) is 36.5 Å². The molecule has 0 amide bonds. The van der Waals surface area contributed by atoms with E-state index in [2.05, 4.69) is 10.1 Å². The van der Waals surface area contributed by atoms with Crippen LogP contribution in [0.5, 0.6) is 11.6 Å². The molecule has 2 heterocycles. The zero-order chi connectivity index (χ0) is 12.5. The molecule has 5 heteroatoms. The largest absolute Gasteiger partial charge is 0.436 e. The molecule has 0 aliphatic carbocycles. The molecule has 18 heavy (non-hydrogen) atoms. The highest BCUT2D eigenvalue weighted by Gasteiger charge is 2.09. The van der Waals surface area contributed by atoms with Gasteiger partial charge >= 0.3 is 0 Å². The van der Waals surface area contributed by atoms with Crippen LogP contribution in [0.15, 0.2) is 42.6 Å². The lowest BCUT2D eigenvalue weighted by Crippen LogP contribution is -1.99. The quantitative estimate of drug-likeness (QED) is 0.694. The predicted octanol–water partition coefficient (Wildman–Crippen LogP) is 2.97. The van der Waals surface area contributed by atoms with Gasteiger partial charge < -0.3 is 4.74 Å². The number of para-hydroxylation sites is 1. The van der Waals surface area contributed by atoms with Crippen LogP contribution in [-0.2, 0) is 0 Å². The first-order valence-corrected chi connectivity index (χ1v) is 5.48. The molecule has 2 aromatic heterocycles. The van der Waals surface area contributed by atoms with E-state index in [-0.39, 0.29) is 5.75 Å². The summed E-state index contributed by atoms with van der Waals surface area (Å²) >= 11 is 0. The van der Waals surface area contributed by atoms with Gasteiger partial charge in [-0.2, -0.15) is 9.61 Å². The minimum Gasteiger partial charge on any atom is -0.436 e. The average molecular weight is 243 g/mol. The van der Waals surface area contributed by atoms with Gasteiger partial charge in [-0.25, -0.2) is 9.37 Å². The summed E-state index contributed by atoms with van der Waals surface area (Å²) in [6.07, 6.45) is 1.62. The zero-order valence-corrected chi connectivity index (χ0v) is 9.67. The van der Waals surface area contributed by atoms with Crippen LogP contribution in [0, 0.1) is 12.7 Å². The van der Waals surface area contributed by atoms with E-state index >= 15 is 0 Å². The number of benzene rings is 1. The number of aromatic nitrogens is 3. The molecule has 0 spiro atoms. The number of hydrogen-bond acceptors (Lipinski definition) is 3. The van der Waals surface area contributed by atoms with Crippen LogP contribution >= 0.6 is 0 Å². The second kappa shape index (κ2) is 4.10. The van der Waals surface area contributed by atoms with Gasteiger partial charge in [0.05, 0.1) is 6.20 Å². The van der Waals surface area contributed by atoms with Gasteiger partial charge in [0.2, 0.25) is 5.88 Å². The third-order valence-electron chi connectivity index (χ3n) is 2.51. The molecule has 0 N–H and O–H groups in total. The van der Waals surface area contributed by atoms with Crippen molar-refractivity contribution in [2.24, 2.45) is 0 Å². The minimum atomic E-state index is -0.410. The molecule has 0 aliphatic heterocycles. The van der Waals surface area contributed by atoms with Crippen LogP contribution in [0.2, 0.25) is 0 Å². The summed E-state index contributed by atoms with van der Waals surface area (Å²) < 4.78 is 20.6. The van der Waals surface area contributed by atoms with E-state index in [1.165, 1.54) is 10.6 Å². The Kier molecular flexibility index (Phi) is 2.44. The maximum atomic E-state index is 13.5. The first-order chi connectivity index (χ1) is 8.74. The van der Waals surface area contributed by atoms with Crippen molar-refractivity contribution in [3.05, 3.63) is 54.1 Å². The van der Waals surface area contributed by atoms with Crippen molar-refractivity contribution in [3.8, 4) is 11.6 Å². The molecule has 3 rings (SSSR count). The van der Waals surface area contributed by atoms with E-state index in [9.17, 15) is 4.39 Å². The fourth-order valence-electron chi connectivity index (χ4n) is 1.72. The molecule has 0 saturated carbocycles. The Hall–Kier alpha value is -2.43. The van der Waals surface area contributed by atoms with Crippen molar-refractivity contribution < 1.29 is 9.13 Å². The standard InChI is InChI=1S/C13H10FN3O/c1-9-8-13(17-12(16-9)6-7-15-17)18-11-5-3-2-4-10(11)14/h2-8H,1H3. The summed E-state index contributed by atoms with van der Waals surface area (Å²) in [4.78, 5) is 4.29. The fourth-order valence-corrected chi connectivity index (χ4v) is 1.72. The smallest absolute Gasteiger partial charge is 0.224 e. The van der Waals surface area contributed by atoms with Gasteiger partial charge in [0.15, 0.2) is 17.2 Å². The van der Waals surface area contributed by atoms with Crippen molar-refractivity contribution in [1.82, 2.24) is 14.6 Å². The van der Waals surface area contributed by atoms with Crippen molar-refractivity contribution in [2.45, 2.75) is 6.92 Å². The lowest BCUT2D eigenvalue weighted by Gasteiger charge is -2.08. The molecule has 0 aliphatic rings. The highest BCUT2D eigenvalue weighted by Crippen LogP contribution is 2.24. The van der Waals surface area contributed by atoms with Crippen LogP contribution in [0.4, 0.5) is 4.39 Å². The zero-order valence-electron chi connectivity index (χ0n) is 9.67. The van der Waals surface area contributed by atoms with Crippen molar-refractivity contribution in [2.75, 3.05) is 0 Å². The summed E-state index contributed by atoms with van der Waals surface area (Å²) in [6.45, 7) is 1.85. The molecule has 0 bridgehead atoms. The minimum absolute atomic E-state index is 0.167. The predicted molar refractivity (Wildman–Crippen MR) is 64.2 cm³/mol. The van der Waals surface area contributed by atoms with Crippen LogP contribution in [0.25, 0.3) is 5.65 Å². The molecule has 0 saturated heterocycles. The second-order valence-electron chi connectivity index (χ2n) is 3.87. The highest BCUT2D eigenvalue weighted by molar-refractivity contribution is 5.42. The molecule has 4 nitrogen and oxygen atoms in total.